The van der Waals surface area contributed by atoms with Gasteiger partial charge in [0.2, 0.25) is 0 Å². The van der Waals surface area contributed by atoms with Crippen LogP contribution in [0, 0.1) is 0 Å². The Morgan fingerprint density at radius 1 is 0.912 bits per heavy atom. The van der Waals surface area contributed by atoms with E-state index in [1.165, 1.54) is 0 Å². The van der Waals surface area contributed by atoms with Crippen LogP contribution in [-0.4, -0.2) is 108 Å². The monoisotopic (exact) mass is 466 g/mol. The minimum absolute atomic E-state index is 0.0526. The molecule has 9 nitrogen and oxygen atoms in total. The molecule has 3 saturated heterocycles. The molecule has 0 radical (unpaired) electrons. The number of ether oxygens (including phenoxy) is 1. The van der Waals surface area contributed by atoms with E-state index in [1.807, 2.05) is 29.2 Å². The smallest absolute Gasteiger partial charge is 0.275 e. The van der Waals surface area contributed by atoms with Crippen molar-refractivity contribution in [1.29, 1.82) is 0 Å². The highest BCUT2D eigenvalue weighted by atomic mass is 16.5. The zero-order valence-corrected chi connectivity index (χ0v) is 20.2. The molecule has 5 rings (SSSR count). The van der Waals surface area contributed by atoms with Gasteiger partial charge in [-0.05, 0) is 26.7 Å². The lowest BCUT2D eigenvalue weighted by molar-refractivity contribution is -0.142. The number of carbonyl (C=O) groups is 2. The lowest BCUT2D eigenvalue weighted by Crippen LogP contribution is -2.53. The van der Waals surface area contributed by atoms with E-state index in [2.05, 4.69) is 33.8 Å². The summed E-state index contributed by atoms with van der Waals surface area (Å²) in [5, 5.41) is 10.8. The molecule has 182 valence electrons. The van der Waals surface area contributed by atoms with Gasteiger partial charge in [0.05, 0.1) is 0 Å². The van der Waals surface area contributed by atoms with E-state index in [0.29, 0.717) is 44.5 Å². The molecule has 1 atom stereocenters. The van der Waals surface area contributed by atoms with Crippen LogP contribution in [0.5, 0.6) is 0 Å². The average molecular weight is 467 g/mol. The Labute approximate surface area is 200 Å². The molecular formula is C25H34N6O3. The van der Waals surface area contributed by atoms with E-state index in [1.54, 1.807) is 4.90 Å². The summed E-state index contributed by atoms with van der Waals surface area (Å²) in [6, 6.07) is 8.46. The zero-order valence-electron chi connectivity index (χ0n) is 20.2. The molecule has 1 aromatic heterocycles. The highest BCUT2D eigenvalue weighted by Gasteiger charge is 2.32. The lowest BCUT2D eigenvalue weighted by atomic mass is 10.1. The number of hydrogen-bond donors (Lipinski definition) is 0. The van der Waals surface area contributed by atoms with Crippen LogP contribution < -0.4 is 4.90 Å². The van der Waals surface area contributed by atoms with Crippen LogP contribution in [-0.2, 0) is 9.53 Å². The summed E-state index contributed by atoms with van der Waals surface area (Å²) in [6.07, 6.45) is 1.41. The van der Waals surface area contributed by atoms with E-state index in [9.17, 15) is 9.59 Å². The molecule has 2 amide bonds. The summed E-state index contributed by atoms with van der Waals surface area (Å²) >= 11 is 0. The van der Waals surface area contributed by atoms with Gasteiger partial charge in [0.1, 0.15) is 6.10 Å². The second-order valence-corrected chi connectivity index (χ2v) is 9.65. The summed E-state index contributed by atoms with van der Waals surface area (Å²) < 4.78 is 5.54. The highest BCUT2D eigenvalue weighted by Crippen LogP contribution is 2.28. The third-order valence-corrected chi connectivity index (χ3v) is 7.30. The molecule has 1 aromatic carbocycles. The SMILES string of the molecule is CC(C)N1CCN(c2nnc(C(=O)N3CCN(C(=O)C4CCCO4)CC3)c3ccccc23)CC1. The summed E-state index contributed by atoms with van der Waals surface area (Å²) in [6.45, 7) is 10.9. The van der Waals surface area contributed by atoms with Crippen LogP contribution in [0.3, 0.4) is 0 Å². The minimum atomic E-state index is -0.313. The van der Waals surface area contributed by atoms with Crippen molar-refractivity contribution in [2.75, 3.05) is 63.9 Å². The molecule has 2 aromatic rings. The number of anilines is 1. The predicted octanol–water partition coefficient (Wildman–Crippen LogP) is 1.62. The Morgan fingerprint density at radius 3 is 2.24 bits per heavy atom. The van der Waals surface area contributed by atoms with Gasteiger partial charge in [-0.1, -0.05) is 24.3 Å². The summed E-state index contributed by atoms with van der Waals surface area (Å²) in [4.78, 5) is 34.4. The van der Waals surface area contributed by atoms with Crippen molar-refractivity contribution < 1.29 is 14.3 Å². The summed E-state index contributed by atoms with van der Waals surface area (Å²) in [5.74, 6) is 0.781. The van der Waals surface area contributed by atoms with Gasteiger partial charge in [0, 0.05) is 75.8 Å². The van der Waals surface area contributed by atoms with E-state index in [0.717, 1.165) is 55.6 Å². The third kappa shape index (κ3) is 4.46. The Balaban J connectivity index is 1.30. The molecule has 1 unspecified atom stereocenters. The molecule has 34 heavy (non-hydrogen) atoms. The van der Waals surface area contributed by atoms with Gasteiger partial charge in [-0.25, -0.2) is 0 Å². The third-order valence-electron chi connectivity index (χ3n) is 7.30. The number of fused-ring (bicyclic) bond motifs is 1. The van der Waals surface area contributed by atoms with Crippen molar-refractivity contribution in [3.63, 3.8) is 0 Å². The molecule has 3 aliphatic heterocycles. The first-order chi connectivity index (χ1) is 16.5. The van der Waals surface area contributed by atoms with Gasteiger partial charge in [0.25, 0.3) is 11.8 Å². The number of benzene rings is 1. The van der Waals surface area contributed by atoms with Crippen molar-refractivity contribution in [3.05, 3.63) is 30.0 Å². The number of aromatic nitrogens is 2. The molecule has 9 heteroatoms. The van der Waals surface area contributed by atoms with E-state index in [4.69, 9.17) is 4.74 Å². The molecule has 0 spiro atoms. The van der Waals surface area contributed by atoms with Crippen molar-refractivity contribution in [3.8, 4) is 0 Å². The summed E-state index contributed by atoms with van der Waals surface area (Å²) in [5.41, 5.74) is 0.388. The molecule has 0 bridgehead atoms. The molecular weight excluding hydrogens is 432 g/mol. The Bertz CT molecular complexity index is 1040. The number of amides is 2. The molecule has 4 heterocycles. The fourth-order valence-electron chi connectivity index (χ4n) is 5.19. The van der Waals surface area contributed by atoms with Crippen molar-refractivity contribution in [2.24, 2.45) is 0 Å². The van der Waals surface area contributed by atoms with Crippen LogP contribution in [0.25, 0.3) is 10.8 Å². The van der Waals surface area contributed by atoms with E-state index >= 15 is 0 Å². The van der Waals surface area contributed by atoms with Gasteiger partial charge in [-0.15, -0.1) is 10.2 Å². The standard InChI is InChI=1S/C25H34N6O3/c1-18(2)28-9-11-29(12-10-28)23-20-7-4-3-6-19(20)22(26-27-23)25(33)31-15-13-30(14-16-31)24(32)21-8-5-17-34-21/h3-4,6-7,18,21H,5,8-17H2,1-2H3. The normalized spacial score (nSPS) is 22.1. The summed E-state index contributed by atoms with van der Waals surface area (Å²) in [7, 11) is 0. The largest absolute Gasteiger partial charge is 0.368 e. The second-order valence-electron chi connectivity index (χ2n) is 9.65. The van der Waals surface area contributed by atoms with Gasteiger partial charge in [-0.3, -0.25) is 14.5 Å². The molecule has 3 aliphatic rings. The Morgan fingerprint density at radius 2 is 1.59 bits per heavy atom. The predicted molar refractivity (Wildman–Crippen MR) is 130 cm³/mol. The van der Waals surface area contributed by atoms with Crippen molar-refractivity contribution in [1.82, 2.24) is 24.9 Å². The fourth-order valence-corrected chi connectivity index (χ4v) is 5.19. The van der Waals surface area contributed by atoms with E-state index in [-0.39, 0.29) is 17.9 Å². The fraction of sp³-hybridized carbons (Fsp3) is 0.600. The zero-order chi connectivity index (χ0) is 23.7. The first-order valence-corrected chi connectivity index (χ1v) is 12.5. The average Bonchev–Trinajstić information content (AvgIpc) is 3.42. The molecule has 0 N–H and O–H groups in total. The maximum Gasteiger partial charge on any atom is 0.275 e. The quantitative estimate of drug-likeness (QED) is 0.677. The second kappa shape index (κ2) is 9.84. The topological polar surface area (TPSA) is 82.1 Å². The van der Waals surface area contributed by atoms with Gasteiger partial charge < -0.3 is 19.4 Å². The number of carbonyl (C=O) groups excluding carboxylic acids is 2. The van der Waals surface area contributed by atoms with E-state index < -0.39 is 0 Å². The van der Waals surface area contributed by atoms with Gasteiger partial charge in [0.15, 0.2) is 11.5 Å². The van der Waals surface area contributed by atoms with Crippen LogP contribution in [0.15, 0.2) is 24.3 Å². The van der Waals surface area contributed by atoms with Crippen LogP contribution in [0.4, 0.5) is 5.82 Å². The Hall–Kier alpha value is -2.78. The maximum atomic E-state index is 13.4. The first-order valence-electron chi connectivity index (χ1n) is 12.5. The van der Waals surface area contributed by atoms with Crippen LogP contribution in [0.2, 0.25) is 0 Å². The number of piperazine rings is 2. The lowest BCUT2D eigenvalue weighted by Gasteiger charge is -2.38. The molecule has 0 aliphatic carbocycles. The number of rotatable bonds is 4. The van der Waals surface area contributed by atoms with Gasteiger partial charge >= 0.3 is 0 Å². The highest BCUT2D eigenvalue weighted by molar-refractivity contribution is 6.07. The molecule has 0 saturated carbocycles. The minimum Gasteiger partial charge on any atom is -0.368 e. The molecule has 3 fully saturated rings. The Kier molecular flexibility index (Phi) is 6.65. The van der Waals surface area contributed by atoms with Crippen molar-refractivity contribution in [2.45, 2.75) is 38.8 Å². The van der Waals surface area contributed by atoms with Crippen LogP contribution >= 0.6 is 0 Å². The number of nitrogens with zero attached hydrogens (tertiary/aromatic N) is 6. The number of hydrogen-bond acceptors (Lipinski definition) is 7. The van der Waals surface area contributed by atoms with Crippen LogP contribution in [0.1, 0.15) is 37.2 Å². The maximum absolute atomic E-state index is 13.4. The first kappa shape index (κ1) is 23.0. The van der Waals surface area contributed by atoms with Crippen molar-refractivity contribution >= 4 is 28.4 Å². The van der Waals surface area contributed by atoms with Gasteiger partial charge in [-0.2, -0.15) is 0 Å².